The van der Waals surface area contributed by atoms with Crippen LogP contribution in [-0.2, 0) is 9.78 Å². The molecule has 3 aromatic carbocycles. The van der Waals surface area contributed by atoms with Gasteiger partial charge in [0.25, 0.3) is 5.09 Å². The molecule has 0 saturated carbocycles. The summed E-state index contributed by atoms with van der Waals surface area (Å²) in [7, 11) is -0.393. The Morgan fingerprint density at radius 3 is 1.33 bits per heavy atom. The maximum atomic E-state index is 10.9. The SMILES string of the molecule is O=[N+]([O-])OPC(c1ccccc1)(c1ccccc1)c1ccccc1. The predicted octanol–water partition coefficient (Wildman–Crippen LogP) is 4.78. The van der Waals surface area contributed by atoms with Gasteiger partial charge >= 0.3 is 0 Å². The van der Waals surface area contributed by atoms with E-state index in [0.717, 1.165) is 16.7 Å². The molecule has 0 aliphatic rings. The summed E-state index contributed by atoms with van der Waals surface area (Å²) in [6, 6.07) is 29.3. The molecule has 3 rings (SSSR count). The molecule has 24 heavy (non-hydrogen) atoms. The van der Waals surface area contributed by atoms with Crippen LogP contribution in [0.1, 0.15) is 16.7 Å². The summed E-state index contributed by atoms with van der Waals surface area (Å²) in [5.74, 6) is 0. The maximum Gasteiger partial charge on any atom is 0.297 e. The van der Waals surface area contributed by atoms with E-state index in [1.165, 1.54) is 0 Å². The maximum absolute atomic E-state index is 10.9. The lowest BCUT2D eigenvalue weighted by Gasteiger charge is -2.34. The number of benzene rings is 3. The molecule has 1 atom stereocenters. The molecule has 0 aromatic heterocycles. The van der Waals surface area contributed by atoms with Crippen molar-refractivity contribution in [3.05, 3.63) is 118 Å². The van der Waals surface area contributed by atoms with Crippen molar-refractivity contribution in [1.29, 1.82) is 0 Å². The molecule has 0 aliphatic carbocycles. The van der Waals surface area contributed by atoms with Gasteiger partial charge in [0, 0.05) is 0 Å². The van der Waals surface area contributed by atoms with Crippen molar-refractivity contribution in [1.82, 2.24) is 0 Å². The van der Waals surface area contributed by atoms with Crippen molar-refractivity contribution in [3.63, 3.8) is 0 Å². The molecule has 0 aliphatic heterocycles. The van der Waals surface area contributed by atoms with Gasteiger partial charge in [-0.25, -0.2) is 0 Å². The van der Waals surface area contributed by atoms with Gasteiger partial charge in [-0.15, -0.1) is 10.1 Å². The van der Waals surface area contributed by atoms with Crippen LogP contribution in [0.3, 0.4) is 0 Å². The highest BCUT2D eigenvalue weighted by molar-refractivity contribution is 7.34. The Balaban J connectivity index is 2.26. The molecule has 4 nitrogen and oxygen atoms in total. The molecule has 0 spiro atoms. The third kappa shape index (κ3) is 3.15. The van der Waals surface area contributed by atoms with Gasteiger partial charge in [-0.1, -0.05) is 91.0 Å². The van der Waals surface area contributed by atoms with E-state index < -0.39 is 19.1 Å². The molecule has 0 radical (unpaired) electrons. The monoisotopic (exact) mass is 337 g/mol. The van der Waals surface area contributed by atoms with Crippen molar-refractivity contribution in [2.24, 2.45) is 0 Å². The van der Waals surface area contributed by atoms with Gasteiger partial charge in [-0.05, 0) is 16.7 Å². The van der Waals surface area contributed by atoms with Crippen LogP contribution < -0.4 is 0 Å². The molecule has 0 amide bonds. The lowest BCUT2D eigenvalue weighted by Crippen LogP contribution is -2.25. The Morgan fingerprint density at radius 1 is 0.708 bits per heavy atom. The minimum Gasteiger partial charge on any atom is -0.296 e. The summed E-state index contributed by atoms with van der Waals surface area (Å²) in [5, 5.41) is 9.48. The van der Waals surface area contributed by atoms with Gasteiger partial charge in [0.05, 0.1) is 14.0 Å². The van der Waals surface area contributed by atoms with Crippen LogP contribution in [0.5, 0.6) is 0 Å². The first kappa shape index (κ1) is 16.2. The number of hydrogen-bond acceptors (Lipinski definition) is 3. The summed E-state index contributed by atoms with van der Waals surface area (Å²) in [6.07, 6.45) is 0. The van der Waals surface area contributed by atoms with Crippen LogP contribution in [0.25, 0.3) is 0 Å². The van der Waals surface area contributed by atoms with E-state index in [1.54, 1.807) is 0 Å². The fraction of sp³-hybridized carbons (Fsp3) is 0.0526. The predicted molar refractivity (Wildman–Crippen MR) is 95.6 cm³/mol. The molecule has 0 bridgehead atoms. The third-order valence-corrected chi connectivity index (χ3v) is 5.31. The molecule has 0 N–H and O–H groups in total. The first-order valence-corrected chi connectivity index (χ1v) is 8.39. The van der Waals surface area contributed by atoms with Crippen molar-refractivity contribution >= 4 is 8.81 Å². The summed E-state index contributed by atoms with van der Waals surface area (Å²) in [5.41, 5.74) is 2.88. The molecule has 120 valence electrons. The van der Waals surface area contributed by atoms with Crippen LogP contribution in [0.4, 0.5) is 0 Å². The zero-order chi connectivity index (χ0) is 16.8. The number of hydrogen-bond donors (Lipinski definition) is 0. The van der Waals surface area contributed by atoms with E-state index >= 15 is 0 Å². The van der Waals surface area contributed by atoms with Gasteiger partial charge in [-0.3, -0.25) is 4.62 Å². The van der Waals surface area contributed by atoms with Crippen LogP contribution in [0.15, 0.2) is 91.0 Å². The Hall–Kier alpha value is -2.71. The Bertz CT molecular complexity index is 698. The minimum absolute atomic E-state index is 0.393. The lowest BCUT2D eigenvalue weighted by molar-refractivity contribution is -0.710. The smallest absolute Gasteiger partial charge is 0.296 e. The molecular formula is C19H16NO3P. The van der Waals surface area contributed by atoms with Crippen LogP contribution >= 0.6 is 8.81 Å². The lowest BCUT2D eigenvalue weighted by atomic mass is 9.84. The van der Waals surface area contributed by atoms with Gasteiger partial charge in [0.15, 0.2) is 0 Å². The van der Waals surface area contributed by atoms with E-state index in [4.69, 9.17) is 4.62 Å². The van der Waals surface area contributed by atoms with Crippen molar-refractivity contribution in [2.45, 2.75) is 5.16 Å². The first-order chi connectivity index (χ1) is 11.7. The Morgan fingerprint density at radius 2 is 1.04 bits per heavy atom. The van der Waals surface area contributed by atoms with Crippen molar-refractivity contribution in [3.8, 4) is 0 Å². The second kappa shape index (κ2) is 7.24. The molecule has 0 fully saturated rings. The van der Waals surface area contributed by atoms with E-state index in [0.29, 0.717) is 0 Å². The van der Waals surface area contributed by atoms with E-state index in [-0.39, 0.29) is 0 Å². The van der Waals surface area contributed by atoms with E-state index in [9.17, 15) is 10.1 Å². The summed E-state index contributed by atoms with van der Waals surface area (Å²) < 4.78 is 4.92. The highest BCUT2D eigenvalue weighted by atomic mass is 31.1. The van der Waals surface area contributed by atoms with Gasteiger partial charge in [0.1, 0.15) is 0 Å². The van der Waals surface area contributed by atoms with Crippen LogP contribution in [0.2, 0.25) is 0 Å². The fourth-order valence-corrected chi connectivity index (χ4v) is 3.91. The second-order valence-electron chi connectivity index (χ2n) is 5.27. The van der Waals surface area contributed by atoms with Crippen LogP contribution in [-0.4, -0.2) is 5.09 Å². The highest BCUT2D eigenvalue weighted by Gasteiger charge is 2.38. The topological polar surface area (TPSA) is 52.4 Å². The average Bonchev–Trinajstić information content (AvgIpc) is 2.65. The number of rotatable bonds is 6. The summed E-state index contributed by atoms with van der Waals surface area (Å²) >= 11 is 0. The molecular weight excluding hydrogens is 321 g/mol. The minimum atomic E-state index is -0.725. The van der Waals surface area contributed by atoms with Gasteiger partial charge < -0.3 is 0 Å². The largest absolute Gasteiger partial charge is 0.297 e. The molecule has 0 saturated heterocycles. The third-order valence-electron chi connectivity index (χ3n) is 3.89. The normalized spacial score (nSPS) is 11.5. The molecule has 5 heteroatoms. The zero-order valence-electron chi connectivity index (χ0n) is 12.8. The highest BCUT2D eigenvalue weighted by Crippen LogP contribution is 2.52. The molecule has 3 aromatic rings. The quantitative estimate of drug-likeness (QED) is 0.281. The van der Waals surface area contributed by atoms with Gasteiger partial charge in [0.2, 0.25) is 0 Å². The zero-order valence-corrected chi connectivity index (χ0v) is 13.8. The van der Waals surface area contributed by atoms with Gasteiger partial charge in [-0.2, -0.15) is 0 Å². The molecule has 0 heterocycles. The first-order valence-electron chi connectivity index (χ1n) is 7.48. The number of nitrogens with zero attached hydrogens (tertiary/aromatic N) is 1. The standard InChI is InChI=1S/C19H16NO3P/c21-20(22)23-24-19(16-10-4-1-5-11-16,17-12-6-2-7-13-17)18-14-8-3-9-15-18/h1-15,24H. The summed E-state index contributed by atoms with van der Waals surface area (Å²) in [4.78, 5) is 10.9. The van der Waals surface area contributed by atoms with E-state index in [2.05, 4.69) is 0 Å². The van der Waals surface area contributed by atoms with E-state index in [1.807, 2.05) is 91.0 Å². The Labute approximate surface area is 142 Å². The second-order valence-corrected chi connectivity index (χ2v) is 6.40. The fourth-order valence-electron chi connectivity index (χ4n) is 2.85. The summed E-state index contributed by atoms with van der Waals surface area (Å²) in [6.45, 7) is 0. The Kier molecular flexibility index (Phi) is 4.88. The van der Waals surface area contributed by atoms with Crippen molar-refractivity contribution in [2.75, 3.05) is 0 Å². The van der Waals surface area contributed by atoms with Crippen molar-refractivity contribution < 1.29 is 9.71 Å². The molecule has 1 unspecified atom stereocenters. The van der Waals surface area contributed by atoms with Crippen LogP contribution in [0, 0.1) is 10.1 Å². The average molecular weight is 337 g/mol.